The minimum Gasteiger partial charge on any atom is -0.464 e. The molecule has 2 fully saturated rings. The van der Waals surface area contributed by atoms with Gasteiger partial charge in [-0.1, -0.05) is 0 Å². The van der Waals surface area contributed by atoms with E-state index in [1.807, 2.05) is 13.8 Å². The second kappa shape index (κ2) is 2.94. The summed E-state index contributed by atoms with van der Waals surface area (Å²) in [6.45, 7) is 6.71. The maximum absolute atomic E-state index is 11.4. The van der Waals surface area contributed by atoms with E-state index in [9.17, 15) is 4.79 Å². The third-order valence-electron chi connectivity index (χ3n) is 2.71. The molecule has 2 unspecified atom stereocenters. The van der Waals surface area contributed by atoms with Crippen molar-refractivity contribution in [2.75, 3.05) is 13.2 Å². The summed E-state index contributed by atoms with van der Waals surface area (Å²) in [5.74, 6) is -0.256. The minimum atomic E-state index is -0.399. The van der Waals surface area contributed by atoms with Crippen molar-refractivity contribution in [3.05, 3.63) is 0 Å². The summed E-state index contributed by atoms with van der Waals surface area (Å²) in [7, 11) is 0. The van der Waals surface area contributed by atoms with Crippen LogP contribution < -0.4 is 0 Å². The van der Waals surface area contributed by atoms with Crippen molar-refractivity contribution in [2.45, 2.75) is 44.5 Å². The Morgan fingerprint density at radius 1 is 1.57 bits per heavy atom. The lowest BCUT2D eigenvalue weighted by atomic mass is 9.95. The standard InChI is InChI=1S/C10H16O4/c1-4-12-8(11)7-10(14-7)5-9(2,3)13-6-10/h7H,4-6H2,1-3H3. The van der Waals surface area contributed by atoms with E-state index in [1.54, 1.807) is 6.92 Å². The summed E-state index contributed by atoms with van der Waals surface area (Å²) in [4.78, 5) is 11.4. The van der Waals surface area contributed by atoms with Gasteiger partial charge in [-0.3, -0.25) is 0 Å². The van der Waals surface area contributed by atoms with Gasteiger partial charge >= 0.3 is 5.97 Å². The summed E-state index contributed by atoms with van der Waals surface area (Å²) in [6, 6.07) is 0. The van der Waals surface area contributed by atoms with Crippen molar-refractivity contribution in [3.8, 4) is 0 Å². The Bertz CT molecular complexity index is 261. The number of rotatable bonds is 2. The van der Waals surface area contributed by atoms with Crippen LogP contribution in [0.4, 0.5) is 0 Å². The molecule has 2 atom stereocenters. The lowest BCUT2D eigenvalue weighted by Gasteiger charge is -2.14. The summed E-state index contributed by atoms with van der Waals surface area (Å²) in [5, 5.41) is 0. The summed E-state index contributed by atoms with van der Waals surface area (Å²) < 4.78 is 15.9. The predicted octanol–water partition coefficient (Wildman–Crippen LogP) is 0.886. The monoisotopic (exact) mass is 200 g/mol. The molecule has 2 saturated heterocycles. The highest BCUT2D eigenvalue weighted by molar-refractivity contribution is 5.79. The molecule has 0 bridgehead atoms. The molecule has 0 radical (unpaired) electrons. The largest absolute Gasteiger partial charge is 0.464 e. The molecule has 0 aromatic heterocycles. The molecule has 2 heterocycles. The number of ether oxygens (including phenoxy) is 3. The molecule has 0 saturated carbocycles. The van der Waals surface area contributed by atoms with E-state index in [-0.39, 0.29) is 17.2 Å². The molecule has 1 spiro atoms. The van der Waals surface area contributed by atoms with Crippen LogP contribution in [0, 0.1) is 0 Å². The van der Waals surface area contributed by atoms with Gasteiger partial charge in [0.25, 0.3) is 0 Å². The highest BCUT2D eigenvalue weighted by atomic mass is 16.7. The summed E-state index contributed by atoms with van der Waals surface area (Å²) in [6.07, 6.45) is 0.368. The second-order valence-corrected chi connectivity index (χ2v) is 4.54. The SMILES string of the molecule is CCOC(=O)C1OC12COC(C)(C)C2. The van der Waals surface area contributed by atoms with Gasteiger partial charge in [0.05, 0.1) is 18.8 Å². The first-order valence-corrected chi connectivity index (χ1v) is 4.97. The van der Waals surface area contributed by atoms with Crippen molar-refractivity contribution in [1.29, 1.82) is 0 Å². The molecule has 2 rings (SSSR count). The smallest absolute Gasteiger partial charge is 0.338 e. The molecular weight excluding hydrogens is 184 g/mol. The fraction of sp³-hybridized carbons (Fsp3) is 0.900. The first-order chi connectivity index (χ1) is 6.49. The minimum absolute atomic E-state index is 0.179. The Morgan fingerprint density at radius 3 is 2.79 bits per heavy atom. The number of hydrogen-bond donors (Lipinski definition) is 0. The Morgan fingerprint density at radius 2 is 2.29 bits per heavy atom. The van der Waals surface area contributed by atoms with E-state index in [2.05, 4.69) is 0 Å². The molecule has 2 aliphatic rings. The first kappa shape index (κ1) is 9.93. The molecule has 80 valence electrons. The van der Waals surface area contributed by atoms with Gasteiger partial charge in [-0.25, -0.2) is 4.79 Å². The van der Waals surface area contributed by atoms with Crippen LogP contribution in [0.25, 0.3) is 0 Å². The zero-order valence-corrected chi connectivity index (χ0v) is 8.83. The number of esters is 1. The van der Waals surface area contributed by atoms with Gasteiger partial charge < -0.3 is 14.2 Å². The van der Waals surface area contributed by atoms with E-state index in [1.165, 1.54) is 0 Å². The van der Waals surface area contributed by atoms with Crippen LogP contribution in [-0.2, 0) is 19.0 Å². The number of hydrogen-bond acceptors (Lipinski definition) is 4. The maximum Gasteiger partial charge on any atom is 0.338 e. The Kier molecular flexibility index (Phi) is 2.08. The van der Waals surface area contributed by atoms with Crippen LogP contribution in [0.1, 0.15) is 27.2 Å². The Labute approximate surface area is 83.5 Å². The van der Waals surface area contributed by atoms with E-state index in [0.717, 1.165) is 6.42 Å². The van der Waals surface area contributed by atoms with Crippen LogP contribution in [-0.4, -0.2) is 36.5 Å². The van der Waals surface area contributed by atoms with Gasteiger partial charge in [-0.05, 0) is 20.8 Å². The van der Waals surface area contributed by atoms with E-state index in [4.69, 9.17) is 14.2 Å². The molecule has 0 N–H and O–H groups in total. The summed E-state index contributed by atoms with van der Waals surface area (Å²) in [5.41, 5.74) is -0.559. The average Bonchev–Trinajstić information content (AvgIpc) is 2.67. The van der Waals surface area contributed by atoms with Crippen LogP contribution in [0.2, 0.25) is 0 Å². The van der Waals surface area contributed by atoms with Crippen molar-refractivity contribution < 1.29 is 19.0 Å². The van der Waals surface area contributed by atoms with Crippen molar-refractivity contribution >= 4 is 5.97 Å². The fourth-order valence-corrected chi connectivity index (χ4v) is 2.07. The predicted molar refractivity (Wildman–Crippen MR) is 48.9 cm³/mol. The Balaban J connectivity index is 1.95. The van der Waals surface area contributed by atoms with Crippen molar-refractivity contribution in [3.63, 3.8) is 0 Å². The zero-order chi connectivity index (χ0) is 10.4. The second-order valence-electron chi connectivity index (χ2n) is 4.54. The third kappa shape index (κ3) is 1.53. The van der Waals surface area contributed by atoms with Gasteiger partial charge in [-0.2, -0.15) is 0 Å². The summed E-state index contributed by atoms with van der Waals surface area (Å²) >= 11 is 0. The van der Waals surface area contributed by atoms with Crippen LogP contribution in [0.5, 0.6) is 0 Å². The molecule has 0 aromatic carbocycles. The highest BCUT2D eigenvalue weighted by Crippen LogP contribution is 2.49. The molecule has 2 aliphatic heterocycles. The normalized spacial score (nSPS) is 38.6. The lowest BCUT2D eigenvalue weighted by molar-refractivity contribution is -0.144. The number of carbonyl (C=O) groups excluding carboxylic acids is 1. The molecular formula is C10H16O4. The van der Waals surface area contributed by atoms with E-state index in [0.29, 0.717) is 13.2 Å². The van der Waals surface area contributed by atoms with Gasteiger partial charge in [-0.15, -0.1) is 0 Å². The molecule has 4 heteroatoms. The van der Waals surface area contributed by atoms with Gasteiger partial charge in [0.1, 0.15) is 5.60 Å². The number of epoxide rings is 1. The van der Waals surface area contributed by atoms with Crippen LogP contribution in [0.3, 0.4) is 0 Å². The Hall–Kier alpha value is -0.610. The quantitative estimate of drug-likeness (QED) is 0.490. The van der Waals surface area contributed by atoms with E-state index < -0.39 is 6.10 Å². The topological polar surface area (TPSA) is 48.1 Å². The highest BCUT2D eigenvalue weighted by Gasteiger charge is 2.67. The maximum atomic E-state index is 11.4. The lowest BCUT2D eigenvalue weighted by Crippen LogP contribution is -2.24. The third-order valence-corrected chi connectivity index (χ3v) is 2.71. The van der Waals surface area contributed by atoms with E-state index >= 15 is 0 Å². The average molecular weight is 200 g/mol. The molecule has 4 nitrogen and oxygen atoms in total. The fourth-order valence-electron chi connectivity index (χ4n) is 2.07. The van der Waals surface area contributed by atoms with Crippen LogP contribution in [0.15, 0.2) is 0 Å². The zero-order valence-electron chi connectivity index (χ0n) is 8.83. The van der Waals surface area contributed by atoms with Crippen LogP contribution >= 0.6 is 0 Å². The van der Waals surface area contributed by atoms with Gasteiger partial charge in [0.15, 0.2) is 6.10 Å². The molecule has 14 heavy (non-hydrogen) atoms. The van der Waals surface area contributed by atoms with Crippen molar-refractivity contribution in [1.82, 2.24) is 0 Å². The van der Waals surface area contributed by atoms with Gasteiger partial charge in [0, 0.05) is 6.42 Å². The molecule has 0 amide bonds. The molecule has 0 aromatic rings. The van der Waals surface area contributed by atoms with Gasteiger partial charge in [0.2, 0.25) is 0 Å². The van der Waals surface area contributed by atoms with Crippen molar-refractivity contribution in [2.24, 2.45) is 0 Å². The first-order valence-electron chi connectivity index (χ1n) is 4.97. The molecule has 0 aliphatic carbocycles. The number of carbonyl (C=O) groups is 1.